The summed E-state index contributed by atoms with van der Waals surface area (Å²) in [6, 6.07) is 6.34. The third-order valence-corrected chi connectivity index (χ3v) is 4.96. The van der Waals surface area contributed by atoms with Crippen LogP contribution in [0.3, 0.4) is 0 Å². The summed E-state index contributed by atoms with van der Waals surface area (Å²) in [7, 11) is 3.87. The molecule has 3 aromatic rings. The molecule has 7 nitrogen and oxygen atoms in total. The molecule has 0 aliphatic heterocycles. The lowest BCUT2D eigenvalue weighted by Crippen LogP contribution is -2.34. The van der Waals surface area contributed by atoms with Crippen molar-refractivity contribution in [2.75, 3.05) is 20.6 Å². The molecule has 1 aromatic carbocycles. The second kappa shape index (κ2) is 8.43. The molecule has 0 fully saturated rings. The molecule has 1 unspecified atom stereocenters. The predicted octanol–water partition coefficient (Wildman–Crippen LogP) is 2.23. The van der Waals surface area contributed by atoms with Crippen molar-refractivity contribution in [3.8, 4) is 0 Å². The van der Waals surface area contributed by atoms with Gasteiger partial charge in [0.2, 0.25) is 5.91 Å². The van der Waals surface area contributed by atoms with Gasteiger partial charge < -0.3 is 10.2 Å². The number of aromatic nitrogens is 4. The number of hydrogen-bond acceptors (Lipinski definition) is 5. The lowest BCUT2D eigenvalue weighted by atomic mass is 10.0. The van der Waals surface area contributed by atoms with Crippen LogP contribution in [0.25, 0.3) is 5.78 Å². The maximum Gasteiger partial charge on any atom is 0.252 e. The highest BCUT2D eigenvalue weighted by atomic mass is 19.1. The maximum atomic E-state index is 13.2. The summed E-state index contributed by atoms with van der Waals surface area (Å²) in [4.78, 5) is 23.0. The smallest absolute Gasteiger partial charge is 0.252 e. The number of amides is 1. The third-order valence-electron chi connectivity index (χ3n) is 4.96. The number of nitrogens with one attached hydrogen (secondary N) is 1. The zero-order chi connectivity index (χ0) is 20.3. The fourth-order valence-corrected chi connectivity index (χ4v) is 3.34. The minimum absolute atomic E-state index is 0.0267. The molecule has 1 amide bonds. The Morgan fingerprint density at radius 1 is 1.25 bits per heavy atom. The van der Waals surface area contributed by atoms with Crippen LogP contribution in [0, 0.1) is 19.7 Å². The third kappa shape index (κ3) is 4.33. The Hall–Kier alpha value is -2.87. The minimum Gasteiger partial charge on any atom is -0.354 e. The van der Waals surface area contributed by atoms with Gasteiger partial charge >= 0.3 is 0 Å². The Morgan fingerprint density at radius 3 is 2.64 bits per heavy atom. The Bertz CT molecular complexity index is 967. The van der Waals surface area contributed by atoms with Gasteiger partial charge in [-0.3, -0.25) is 4.79 Å². The number of hydrogen-bond donors (Lipinski definition) is 1. The number of aryl methyl sites for hydroxylation is 2. The topological polar surface area (TPSA) is 75.4 Å². The molecular weight excluding hydrogens is 359 g/mol. The summed E-state index contributed by atoms with van der Waals surface area (Å²) in [5, 5.41) is 7.17. The number of carbonyl (C=O) groups excluding carboxylic acids is 1. The lowest BCUT2D eigenvalue weighted by Gasteiger charge is -2.25. The van der Waals surface area contributed by atoms with Crippen LogP contribution < -0.4 is 5.32 Å². The van der Waals surface area contributed by atoms with Crippen molar-refractivity contribution in [3.05, 3.63) is 58.9 Å². The molecule has 1 atom stereocenters. The van der Waals surface area contributed by atoms with Gasteiger partial charge in [0.1, 0.15) is 12.1 Å². The summed E-state index contributed by atoms with van der Waals surface area (Å²) in [5.41, 5.74) is 3.78. The van der Waals surface area contributed by atoms with Crippen LogP contribution in [0.1, 0.15) is 35.0 Å². The highest BCUT2D eigenvalue weighted by molar-refractivity contribution is 5.76. The van der Waals surface area contributed by atoms with Gasteiger partial charge in [-0.2, -0.15) is 10.1 Å². The molecule has 0 aliphatic carbocycles. The second-order valence-electron chi connectivity index (χ2n) is 7.07. The summed E-state index contributed by atoms with van der Waals surface area (Å²) >= 11 is 0. The summed E-state index contributed by atoms with van der Waals surface area (Å²) < 4.78 is 14.9. The normalized spacial score (nSPS) is 12.5. The lowest BCUT2D eigenvalue weighted by molar-refractivity contribution is -0.121. The van der Waals surface area contributed by atoms with E-state index in [0.29, 0.717) is 25.2 Å². The Morgan fingerprint density at radius 2 is 1.96 bits per heavy atom. The molecule has 0 radical (unpaired) electrons. The molecule has 2 heterocycles. The van der Waals surface area contributed by atoms with Gasteiger partial charge in [0.25, 0.3) is 5.78 Å². The van der Waals surface area contributed by atoms with E-state index in [9.17, 15) is 9.18 Å². The van der Waals surface area contributed by atoms with E-state index in [0.717, 1.165) is 22.5 Å². The first-order valence-corrected chi connectivity index (χ1v) is 9.21. The van der Waals surface area contributed by atoms with Crippen molar-refractivity contribution in [1.29, 1.82) is 0 Å². The maximum absolute atomic E-state index is 13.2. The quantitative estimate of drug-likeness (QED) is 0.676. The first kappa shape index (κ1) is 19.9. The largest absolute Gasteiger partial charge is 0.354 e. The van der Waals surface area contributed by atoms with Crippen molar-refractivity contribution < 1.29 is 9.18 Å². The monoisotopic (exact) mass is 384 g/mol. The Kier molecular flexibility index (Phi) is 5.99. The van der Waals surface area contributed by atoms with Crippen LogP contribution in [0.15, 0.2) is 30.6 Å². The van der Waals surface area contributed by atoms with Gasteiger partial charge in [0, 0.05) is 24.4 Å². The molecule has 0 saturated carbocycles. The van der Waals surface area contributed by atoms with Crippen molar-refractivity contribution in [2.45, 2.75) is 32.7 Å². The van der Waals surface area contributed by atoms with E-state index in [-0.39, 0.29) is 17.8 Å². The van der Waals surface area contributed by atoms with Crippen molar-refractivity contribution in [3.63, 3.8) is 0 Å². The van der Waals surface area contributed by atoms with Gasteiger partial charge in [-0.15, -0.1) is 0 Å². The van der Waals surface area contributed by atoms with Crippen LogP contribution in [-0.2, 0) is 11.2 Å². The molecule has 0 bridgehead atoms. The number of halogens is 1. The molecule has 148 valence electrons. The number of nitrogens with zero attached hydrogens (tertiary/aromatic N) is 5. The van der Waals surface area contributed by atoms with Crippen molar-refractivity contribution >= 4 is 11.7 Å². The molecule has 2 aromatic heterocycles. The second-order valence-corrected chi connectivity index (χ2v) is 7.07. The molecule has 28 heavy (non-hydrogen) atoms. The molecule has 8 heteroatoms. The Labute approximate surface area is 163 Å². The fourth-order valence-electron chi connectivity index (χ4n) is 3.34. The highest BCUT2D eigenvalue weighted by Crippen LogP contribution is 2.18. The summed E-state index contributed by atoms with van der Waals surface area (Å²) in [5.74, 6) is 0.261. The number of benzene rings is 1. The van der Waals surface area contributed by atoms with E-state index in [1.165, 1.54) is 18.5 Å². The van der Waals surface area contributed by atoms with Crippen LogP contribution in [-0.4, -0.2) is 51.0 Å². The molecule has 0 spiro atoms. The standard InChI is InChI=1S/C20H25FN6O/c1-13-17(14(2)27-20(25-13)23-12-24-27)9-10-19(28)22-11-18(26(3)4)15-5-7-16(21)8-6-15/h5-8,12,18H,9-11H2,1-4H3,(H,22,28). The van der Waals surface area contributed by atoms with Gasteiger partial charge in [-0.05, 0) is 57.6 Å². The van der Waals surface area contributed by atoms with E-state index < -0.39 is 0 Å². The first-order valence-electron chi connectivity index (χ1n) is 9.21. The van der Waals surface area contributed by atoms with Gasteiger partial charge in [0.05, 0.1) is 6.04 Å². The molecule has 0 saturated heterocycles. The number of carbonyl (C=O) groups is 1. The number of likely N-dealkylation sites (N-methyl/N-ethyl adjacent to an activating group) is 1. The van der Waals surface area contributed by atoms with E-state index in [1.807, 2.05) is 32.8 Å². The van der Waals surface area contributed by atoms with E-state index in [1.54, 1.807) is 16.6 Å². The minimum atomic E-state index is -0.269. The van der Waals surface area contributed by atoms with Gasteiger partial charge in [-0.25, -0.2) is 13.9 Å². The van der Waals surface area contributed by atoms with Crippen molar-refractivity contribution in [2.24, 2.45) is 0 Å². The average molecular weight is 384 g/mol. The molecule has 0 aliphatic rings. The van der Waals surface area contributed by atoms with Crippen LogP contribution >= 0.6 is 0 Å². The first-order chi connectivity index (χ1) is 13.4. The van der Waals surface area contributed by atoms with E-state index in [2.05, 4.69) is 20.4 Å². The zero-order valence-corrected chi connectivity index (χ0v) is 16.6. The van der Waals surface area contributed by atoms with Crippen molar-refractivity contribution in [1.82, 2.24) is 29.8 Å². The number of fused-ring (bicyclic) bond motifs is 1. The molecular formula is C20H25FN6O. The van der Waals surface area contributed by atoms with Crippen LogP contribution in [0.2, 0.25) is 0 Å². The predicted molar refractivity (Wildman–Crippen MR) is 104 cm³/mol. The van der Waals surface area contributed by atoms with E-state index >= 15 is 0 Å². The molecule has 1 N–H and O–H groups in total. The van der Waals surface area contributed by atoms with Gasteiger partial charge in [0.15, 0.2) is 0 Å². The SMILES string of the molecule is Cc1nc2ncnn2c(C)c1CCC(=O)NCC(c1ccc(F)cc1)N(C)C. The highest BCUT2D eigenvalue weighted by Gasteiger charge is 2.16. The number of rotatable bonds is 7. The summed E-state index contributed by atoms with van der Waals surface area (Å²) in [6.45, 7) is 4.33. The zero-order valence-electron chi connectivity index (χ0n) is 16.6. The van der Waals surface area contributed by atoms with E-state index in [4.69, 9.17) is 0 Å². The molecule has 3 rings (SSSR count). The fraction of sp³-hybridized carbons (Fsp3) is 0.400. The average Bonchev–Trinajstić information content (AvgIpc) is 3.11. The van der Waals surface area contributed by atoms with Gasteiger partial charge in [-0.1, -0.05) is 12.1 Å². The summed E-state index contributed by atoms with van der Waals surface area (Å²) in [6.07, 6.45) is 2.41. The van der Waals surface area contributed by atoms with Crippen LogP contribution in [0.4, 0.5) is 4.39 Å². The van der Waals surface area contributed by atoms with Crippen LogP contribution in [0.5, 0.6) is 0 Å². The Balaban J connectivity index is 1.61.